The van der Waals surface area contributed by atoms with Crippen molar-refractivity contribution in [2.75, 3.05) is 13.2 Å². The fourth-order valence-electron chi connectivity index (χ4n) is 5.91. The smallest absolute Gasteiger partial charge is 0.393 e. The standard InChI is InChI=1S/C32H44ClF3O3/c1-2-31(37)39-22-6-4-3-5-21-38-29-19-13-24(14-20-29)7-8-26-10-16-27(30(23-26)32(34,35)36)15-9-25-11-17-28(33)18-12-25/h2,24-30H,1,3-6,10-14,16-23H2. The lowest BCUT2D eigenvalue weighted by Crippen LogP contribution is -2.35. The maximum absolute atomic E-state index is 13.9. The van der Waals surface area contributed by atoms with E-state index in [4.69, 9.17) is 21.1 Å². The Balaban J connectivity index is 1.34. The SMILES string of the molecule is C=CC(=O)OCCCCCCOC1CCC(C#CC2CCC(C#CC3CCC(Cl)CC3)C(C(F)(F)F)C2)CC1. The molecule has 0 aromatic rings. The molecule has 3 rings (SSSR count). The van der Waals surface area contributed by atoms with Gasteiger partial charge in [-0.05, 0) is 89.9 Å². The summed E-state index contributed by atoms with van der Waals surface area (Å²) in [6, 6.07) is 0. The van der Waals surface area contributed by atoms with E-state index in [1.165, 1.54) is 6.08 Å². The molecule has 3 aliphatic rings. The van der Waals surface area contributed by atoms with Gasteiger partial charge in [0.2, 0.25) is 0 Å². The van der Waals surface area contributed by atoms with E-state index in [1.807, 2.05) is 0 Å². The van der Waals surface area contributed by atoms with Gasteiger partial charge in [-0.25, -0.2) is 4.79 Å². The number of carbonyl (C=O) groups is 1. The van der Waals surface area contributed by atoms with E-state index in [0.717, 1.165) is 83.7 Å². The zero-order chi connectivity index (χ0) is 28.1. The maximum atomic E-state index is 13.9. The summed E-state index contributed by atoms with van der Waals surface area (Å²) in [5.74, 6) is 10.7. The molecule has 218 valence electrons. The van der Waals surface area contributed by atoms with E-state index >= 15 is 0 Å². The van der Waals surface area contributed by atoms with E-state index < -0.39 is 18.0 Å². The third-order valence-corrected chi connectivity index (χ3v) is 8.81. The summed E-state index contributed by atoms with van der Waals surface area (Å²) in [6.07, 6.45) is 9.67. The van der Waals surface area contributed by atoms with E-state index in [-0.39, 0.29) is 41.6 Å². The third kappa shape index (κ3) is 11.8. The summed E-state index contributed by atoms with van der Waals surface area (Å²) in [4.78, 5) is 11.0. The molecule has 0 amide bonds. The van der Waals surface area contributed by atoms with Crippen molar-refractivity contribution in [3.05, 3.63) is 12.7 Å². The Morgan fingerprint density at radius 2 is 1.36 bits per heavy atom. The number of unbranched alkanes of at least 4 members (excludes halogenated alkanes) is 3. The largest absolute Gasteiger partial charge is 0.463 e. The van der Waals surface area contributed by atoms with Crippen molar-refractivity contribution in [1.82, 2.24) is 0 Å². The number of carbonyl (C=O) groups excluding carboxylic acids is 1. The molecule has 3 saturated carbocycles. The fraction of sp³-hybridized carbons (Fsp3) is 0.781. The Labute approximate surface area is 238 Å². The summed E-state index contributed by atoms with van der Waals surface area (Å²) in [5.41, 5.74) is 0. The van der Waals surface area contributed by atoms with E-state index in [2.05, 4.69) is 30.3 Å². The van der Waals surface area contributed by atoms with E-state index in [9.17, 15) is 18.0 Å². The summed E-state index contributed by atoms with van der Waals surface area (Å²) >= 11 is 6.15. The van der Waals surface area contributed by atoms with Crippen LogP contribution < -0.4 is 0 Å². The predicted molar refractivity (Wildman–Crippen MR) is 149 cm³/mol. The molecule has 0 bridgehead atoms. The molecule has 0 aromatic heterocycles. The van der Waals surface area contributed by atoms with Crippen LogP contribution >= 0.6 is 11.6 Å². The Bertz CT molecular complexity index is 880. The van der Waals surface area contributed by atoms with Crippen LogP contribution in [0.3, 0.4) is 0 Å². The molecule has 0 radical (unpaired) electrons. The van der Waals surface area contributed by atoms with Gasteiger partial charge in [0.1, 0.15) is 0 Å². The summed E-state index contributed by atoms with van der Waals surface area (Å²) in [5, 5.41) is 0.187. The van der Waals surface area contributed by atoms with Crippen molar-refractivity contribution in [3.8, 4) is 23.7 Å². The van der Waals surface area contributed by atoms with Gasteiger partial charge in [0, 0.05) is 41.7 Å². The molecule has 7 heteroatoms. The van der Waals surface area contributed by atoms with Gasteiger partial charge in [-0.1, -0.05) is 36.7 Å². The van der Waals surface area contributed by atoms with Gasteiger partial charge in [-0.2, -0.15) is 13.2 Å². The van der Waals surface area contributed by atoms with E-state index in [0.29, 0.717) is 19.4 Å². The molecule has 0 aliphatic heterocycles. The van der Waals surface area contributed by atoms with Crippen molar-refractivity contribution in [3.63, 3.8) is 0 Å². The Morgan fingerprint density at radius 3 is 2.00 bits per heavy atom. The normalized spacial score (nSPS) is 31.2. The van der Waals surface area contributed by atoms with Gasteiger partial charge >= 0.3 is 12.1 Å². The quantitative estimate of drug-likeness (QED) is 0.0923. The highest BCUT2D eigenvalue weighted by atomic mass is 35.5. The molecule has 3 atom stereocenters. The molecule has 3 fully saturated rings. The van der Waals surface area contributed by atoms with Crippen molar-refractivity contribution in [2.24, 2.45) is 29.6 Å². The van der Waals surface area contributed by atoms with Crippen molar-refractivity contribution < 1.29 is 27.4 Å². The van der Waals surface area contributed by atoms with Crippen molar-refractivity contribution in [2.45, 2.75) is 114 Å². The van der Waals surface area contributed by atoms with Crippen LogP contribution in [0.5, 0.6) is 0 Å². The second kappa shape index (κ2) is 16.6. The Kier molecular flexibility index (Phi) is 13.6. The molecule has 0 N–H and O–H groups in total. The molecule has 3 nitrogen and oxygen atoms in total. The van der Waals surface area contributed by atoms with Crippen LogP contribution in [-0.2, 0) is 14.3 Å². The van der Waals surface area contributed by atoms with Gasteiger partial charge in [0.15, 0.2) is 0 Å². The second-order valence-corrected chi connectivity index (χ2v) is 12.0. The summed E-state index contributed by atoms with van der Waals surface area (Å²) in [7, 11) is 0. The molecule has 0 aromatic carbocycles. The Hall–Kier alpha value is -1.63. The van der Waals surface area contributed by atoms with Crippen LogP contribution in [-0.4, -0.2) is 36.8 Å². The first kappa shape index (κ1) is 31.9. The van der Waals surface area contributed by atoms with Crippen LogP contribution in [0, 0.1) is 53.3 Å². The maximum Gasteiger partial charge on any atom is 0.393 e. The predicted octanol–water partition coefficient (Wildman–Crippen LogP) is 8.25. The minimum absolute atomic E-state index is 0.0689. The highest BCUT2D eigenvalue weighted by Crippen LogP contribution is 2.43. The first-order valence-electron chi connectivity index (χ1n) is 14.9. The van der Waals surface area contributed by atoms with Crippen molar-refractivity contribution >= 4 is 17.6 Å². The van der Waals surface area contributed by atoms with E-state index in [1.54, 1.807) is 0 Å². The van der Waals surface area contributed by atoms with Crippen LogP contribution in [0.1, 0.15) is 96.3 Å². The number of esters is 1. The summed E-state index contributed by atoms with van der Waals surface area (Å²) < 4.78 is 52.7. The number of rotatable bonds is 9. The lowest BCUT2D eigenvalue weighted by atomic mass is 9.73. The zero-order valence-electron chi connectivity index (χ0n) is 23.1. The zero-order valence-corrected chi connectivity index (χ0v) is 23.8. The Morgan fingerprint density at radius 1 is 0.795 bits per heavy atom. The van der Waals surface area contributed by atoms with Crippen LogP contribution in [0.4, 0.5) is 13.2 Å². The number of alkyl halides is 4. The number of halogens is 4. The monoisotopic (exact) mass is 568 g/mol. The van der Waals surface area contributed by atoms with Crippen LogP contribution in [0.25, 0.3) is 0 Å². The van der Waals surface area contributed by atoms with Gasteiger partial charge in [-0.15, -0.1) is 11.6 Å². The lowest BCUT2D eigenvalue weighted by molar-refractivity contribution is -0.192. The number of hydrogen-bond acceptors (Lipinski definition) is 3. The number of ether oxygens (including phenoxy) is 2. The van der Waals surface area contributed by atoms with Crippen molar-refractivity contribution in [1.29, 1.82) is 0 Å². The molecular formula is C32H44ClF3O3. The average Bonchev–Trinajstić information content (AvgIpc) is 2.93. The molecule has 0 saturated heterocycles. The molecular weight excluding hydrogens is 525 g/mol. The minimum atomic E-state index is -4.23. The topological polar surface area (TPSA) is 35.5 Å². The van der Waals surface area contributed by atoms with Gasteiger partial charge in [0.25, 0.3) is 0 Å². The second-order valence-electron chi connectivity index (χ2n) is 11.4. The fourth-order valence-corrected chi connectivity index (χ4v) is 6.16. The minimum Gasteiger partial charge on any atom is -0.463 e. The van der Waals surface area contributed by atoms with Crippen LogP contribution in [0.2, 0.25) is 0 Å². The highest BCUT2D eigenvalue weighted by Gasteiger charge is 2.47. The molecule has 39 heavy (non-hydrogen) atoms. The lowest BCUT2D eigenvalue weighted by Gasteiger charge is -2.33. The van der Waals surface area contributed by atoms with Gasteiger partial charge in [0.05, 0.1) is 18.6 Å². The highest BCUT2D eigenvalue weighted by molar-refractivity contribution is 6.20. The number of hydrogen-bond donors (Lipinski definition) is 0. The molecule has 0 spiro atoms. The van der Waals surface area contributed by atoms with Gasteiger partial charge < -0.3 is 9.47 Å². The molecule has 0 heterocycles. The van der Waals surface area contributed by atoms with Gasteiger partial charge in [-0.3, -0.25) is 0 Å². The molecule has 3 unspecified atom stereocenters. The first-order valence-corrected chi connectivity index (χ1v) is 15.3. The first-order chi connectivity index (χ1) is 18.7. The summed E-state index contributed by atoms with van der Waals surface area (Å²) in [6.45, 7) is 4.53. The third-order valence-electron chi connectivity index (χ3n) is 8.37. The van der Waals surface area contributed by atoms with Crippen LogP contribution in [0.15, 0.2) is 12.7 Å². The molecule has 3 aliphatic carbocycles. The average molecular weight is 569 g/mol.